The van der Waals surface area contributed by atoms with Gasteiger partial charge < -0.3 is 4.74 Å². The van der Waals surface area contributed by atoms with Crippen LogP contribution in [0.5, 0.6) is 5.75 Å². The van der Waals surface area contributed by atoms with Crippen LogP contribution in [-0.4, -0.2) is 17.1 Å². The number of ether oxygens (including phenoxy) is 1. The second-order valence-electron chi connectivity index (χ2n) is 2.45. The van der Waals surface area contributed by atoms with E-state index < -0.39 is 0 Å². The molecule has 0 aliphatic heterocycles. The Kier molecular flexibility index (Phi) is 2.23. The van der Waals surface area contributed by atoms with Gasteiger partial charge in [0.2, 0.25) is 0 Å². The molecule has 0 fully saturated rings. The lowest BCUT2D eigenvalue weighted by molar-refractivity contribution is 0.413. The molecule has 2 aromatic rings. The number of aromatic nitrogens is 2. The Bertz CT molecular complexity index is 386. The normalized spacial score (nSPS) is 9.92. The highest BCUT2D eigenvalue weighted by Gasteiger charge is 2.01. The minimum absolute atomic E-state index is 0.757. The van der Waals surface area contributed by atoms with Crippen LogP contribution in [-0.2, 0) is 0 Å². The Hall–Kier alpha value is -1.42. The SMILES string of the molecule is COc1cncc(-c2nccs2)c1. The van der Waals surface area contributed by atoms with Gasteiger partial charge in [-0.15, -0.1) is 11.3 Å². The maximum absolute atomic E-state index is 5.07. The molecule has 2 heterocycles. The fourth-order valence-corrected chi connectivity index (χ4v) is 1.63. The number of hydrogen-bond acceptors (Lipinski definition) is 4. The highest BCUT2D eigenvalue weighted by atomic mass is 32.1. The van der Waals surface area contributed by atoms with Crippen molar-refractivity contribution in [2.24, 2.45) is 0 Å². The molecule has 0 saturated heterocycles. The predicted molar refractivity (Wildman–Crippen MR) is 51.9 cm³/mol. The van der Waals surface area contributed by atoms with E-state index in [0.29, 0.717) is 0 Å². The van der Waals surface area contributed by atoms with E-state index in [1.165, 1.54) is 0 Å². The van der Waals surface area contributed by atoms with E-state index >= 15 is 0 Å². The van der Waals surface area contributed by atoms with Crippen LogP contribution >= 0.6 is 11.3 Å². The number of pyridine rings is 1. The van der Waals surface area contributed by atoms with Gasteiger partial charge in [0.1, 0.15) is 10.8 Å². The summed E-state index contributed by atoms with van der Waals surface area (Å²) in [5.41, 5.74) is 0.995. The smallest absolute Gasteiger partial charge is 0.137 e. The molecule has 4 heteroatoms. The topological polar surface area (TPSA) is 35.0 Å². The van der Waals surface area contributed by atoms with Gasteiger partial charge in [-0.1, -0.05) is 0 Å². The largest absolute Gasteiger partial charge is 0.495 e. The van der Waals surface area contributed by atoms with E-state index in [9.17, 15) is 0 Å². The van der Waals surface area contributed by atoms with Crippen molar-refractivity contribution in [2.45, 2.75) is 0 Å². The van der Waals surface area contributed by atoms with Crippen molar-refractivity contribution in [3.8, 4) is 16.3 Å². The van der Waals surface area contributed by atoms with Gasteiger partial charge in [-0.25, -0.2) is 4.98 Å². The van der Waals surface area contributed by atoms with Crippen LogP contribution in [0.3, 0.4) is 0 Å². The second-order valence-corrected chi connectivity index (χ2v) is 3.35. The monoisotopic (exact) mass is 192 g/mol. The third kappa shape index (κ3) is 1.67. The predicted octanol–water partition coefficient (Wildman–Crippen LogP) is 2.21. The quantitative estimate of drug-likeness (QED) is 0.731. The van der Waals surface area contributed by atoms with Crippen LogP contribution in [0.4, 0.5) is 0 Å². The molecule has 13 heavy (non-hydrogen) atoms. The molecular formula is C9H8N2OS. The Labute approximate surface area is 80.0 Å². The third-order valence-corrected chi connectivity index (χ3v) is 2.45. The van der Waals surface area contributed by atoms with Crippen molar-refractivity contribution in [1.82, 2.24) is 9.97 Å². The standard InChI is InChI=1S/C9H8N2OS/c1-12-8-4-7(5-10-6-8)9-11-2-3-13-9/h2-6H,1H3. The van der Waals surface area contributed by atoms with E-state index in [2.05, 4.69) is 9.97 Å². The van der Waals surface area contributed by atoms with Gasteiger partial charge >= 0.3 is 0 Å². The van der Waals surface area contributed by atoms with Crippen molar-refractivity contribution in [3.63, 3.8) is 0 Å². The third-order valence-electron chi connectivity index (χ3n) is 1.63. The van der Waals surface area contributed by atoms with Crippen LogP contribution in [0.2, 0.25) is 0 Å². The van der Waals surface area contributed by atoms with Crippen molar-refractivity contribution < 1.29 is 4.74 Å². The number of hydrogen-bond donors (Lipinski definition) is 0. The lowest BCUT2D eigenvalue weighted by Gasteiger charge is -1.99. The number of rotatable bonds is 2. The molecule has 0 radical (unpaired) electrons. The first-order valence-corrected chi connectivity index (χ1v) is 4.67. The molecular weight excluding hydrogens is 184 g/mol. The molecule has 0 bridgehead atoms. The van der Waals surface area contributed by atoms with Gasteiger partial charge in [0.25, 0.3) is 0 Å². The van der Waals surface area contributed by atoms with E-state index in [1.54, 1.807) is 37.0 Å². The molecule has 2 aromatic heterocycles. The molecule has 0 spiro atoms. The molecule has 0 aromatic carbocycles. The van der Waals surface area contributed by atoms with Crippen LogP contribution in [0.25, 0.3) is 10.6 Å². The lowest BCUT2D eigenvalue weighted by Crippen LogP contribution is -1.85. The summed E-state index contributed by atoms with van der Waals surface area (Å²) in [5.74, 6) is 0.757. The van der Waals surface area contributed by atoms with E-state index in [1.807, 2.05) is 11.4 Å². The minimum atomic E-state index is 0.757. The highest BCUT2D eigenvalue weighted by molar-refractivity contribution is 7.13. The number of thiazole rings is 1. The zero-order valence-corrected chi connectivity index (χ0v) is 7.91. The summed E-state index contributed by atoms with van der Waals surface area (Å²) in [4.78, 5) is 8.24. The van der Waals surface area contributed by atoms with E-state index in [4.69, 9.17) is 4.74 Å². The Morgan fingerprint density at radius 3 is 3.00 bits per heavy atom. The highest BCUT2D eigenvalue weighted by Crippen LogP contribution is 2.23. The first-order chi connectivity index (χ1) is 6.40. The summed E-state index contributed by atoms with van der Waals surface area (Å²) < 4.78 is 5.07. The average molecular weight is 192 g/mol. The summed E-state index contributed by atoms with van der Waals surface area (Å²) in [7, 11) is 1.63. The van der Waals surface area contributed by atoms with Gasteiger partial charge in [-0.05, 0) is 6.07 Å². The molecule has 2 rings (SSSR count). The van der Waals surface area contributed by atoms with E-state index in [0.717, 1.165) is 16.3 Å². The zero-order chi connectivity index (χ0) is 9.10. The van der Waals surface area contributed by atoms with Gasteiger partial charge in [0, 0.05) is 23.3 Å². The van der Waals surface area contributed by atoms with Gasteiger partial charge in [-0.3, -0.25) is 4.98 Å². The number of nitrogens with zero attached hydrogens (tertiary/aromatic N) is 2. The Balaban J connectivity index is 2.41. The summed E-state index contributed by atoms with van der Waals surface area (Å²) in [6.07, 6.45) is 5.23. The first-order valence-electron chi connectivity index (χ1n) is 3.79. The molecule has 66 valence electrons. The van der Waals surface area contributed by atoms with Crippen molar-refractivity contribution in [1.29, 1.82) is 0 Å². The van der Waals surface area contributed by atoms with Crippen molar-refractivity contribution in [3.05, 3.63) is 30.0 Å². The van der Waals surface area contributed by atoms with Gasteiger partial charge in [0.15, 0.2) is 0 Å². The zero-order valence-electron chi connectivity index (χ0n) is 7.10. The maximum Gasteiger partial charge on any atom is 0.137 e. The number of methoxy groups -OCH3 is 1. The fourth-order valence-electron chi connectivity index (χ4n) is 1.01. The minimum Gasteiger partial charge on any atom is -0.495 e. The lowest BCUT2D eigenvalue weighted by atomic mass is 10.3. The molecule has 3 nitrogen and oxygen atoms in total. The van der Waals surface area contributed by atoms with Crippen molar-refractivity contribution in [2.75, 3.05) is 7.11 Å². The molecule has 0 N–H and O–H groups in total. The Morgan fingerprint density at radius 1 is 1.38 bits per heavy atom. The van der Waals surface area contributed by atoms with Crippen LogP contribution in [0, 0.1) is 0 Å². The molecule has 0 unspecified atom stereocenters. The maximum atomic E-state index is 5.07. The summed E-state index contributed by atoms with van der Waals surface area (Å²) in [6.45, 7) is 0. The van der Waals surface area contributed by atoms with Crippen molar-refractivity contribution >= 4 is 11.3 Å². The summed E-state index contributed by atoms with van der Waals surface area (Å²) >= 11 is 1.59. The molecule has 0 aliphatic rings. The summed E-state index contributed by atoms with van der Waals surface area (Å²) in [5, 5.41) is 2.90. The molecule has 0 amide bonds. The van der Waals surface area contributed by atoms with Crippen LogP contribution in [0.15, 0.2) is 30.0 Å². The van der Waals surface area contributed by atoms with E-state index in [-0.39, 0.29) is 0 Å². The van der Waals surface area contributed by atoms with Crippen LogP contribution < -0.4 is 4.74 Å². The van der Waals surface area contributed by atoms with Gasteiger partial charge in [0.05, 0.1) is 13.3 Å². The molecule has 0 aliphatic carbocycles. The summed E-state index contributed by atoms with van der Waals surface area (Å²) in [6, 6.07) is 1.92. The fraction of sp³-hybridized carbons (Fsp3) is 0.111. The first kappa shape index (κ1) is 8.19. The van der Waals surface area contributed by atoms with Crippen LogP contribution in [0.1, 0.15) is 0 Å². The molecule has 0 atom stereocenters. The molecule has 0 saturated carbocycles. The average Bonchev–Trinajstić information content (AvgIpc) is 2.71. The Morgan fingerprint density at radius 2 is 2.31 bits per heavy atom. The van der Waals surface area contributed by atoms with Gasteiger partial charge in [-0.2, -0.15) is 0 Å². The second kappa shape index (κ2) is 3.53.